The van der Waals surface area contributed by atoms with Gasteiger partial charge in [-0.05, 0) is 31.5 Å². The Bertz CT molecular complexity index is 546. The number of thiophene rings is 1. The van der Waals surface area contributed by atoms with E-state index in [-0.39, 0.29) is 0 Å². The summed E-state index contributed by atoms with van der Waals surface area (Å²) in [5, 5.41) is 14.0. The van der Waals surface area contributed by atoms with E-state index in [1.807, 2.05) is 30.6 Å². The van der Waals surface area contributed by atoms with Gasteiger partial charge >= 0.3 is 0 Å². The van der Waals surface area contributed by atoms with Crippen molar-refractivity contribution in [2.24, 2.45) is 0 Å². The molecule has 0 atom stereocenters. The molecule has 2 aromatic heterocycles. The van der Waals surface area contributed by atoms with Crippen molar-refractivity contribution >= 4 is 17.0 Å². The van der Waals surface area contributed by atoms with Gasteiger partial charge in [-0.3, -0.25) is 4.98 Å². The highest BCUT2D eigenvalue weighted by Gasteiger charge is 2.04. The fourth-order valence-electron chi connectivity index (χ4n) is 1.67. The summed E-state index contributed by atoms with van der Waals surface area (Å²) in [7, 11) is 0. The summed E-state index contributed by atoms with van der Waals surface area (Å²) >= 11 is 1.60. The minimum atomic E-state index is 0.728. The lowest BCUT2D eigenvalue weighted by atomic mass is 10.2. The quantitative estimate of drug-likeness (QED) is 0.900. The smallest absolute Gasteiger partial charge is 0.100 e. The molecule has 0 bridgehead atoms. The molecule has 86 valence electrons. The Morgan fingerprint density at radius 3 is 2.94 bits per heavy atom. The van der Waals surface area contributed by atoms with Gasteiger partial charge in [-0.2, -0.15) is 5.26 Å². The van der Waals surface area contributed by atoms with Gasteiger partial charge in [0.05, 0.1) is 16.9 Å². The monoisotopic (exact) mass is 243 g/mol. The highest BCUT2D eigenvalue weighted by molar-refractivity contribution is 7.10. The molecule has 1 N–H and O–H groups in total. The van der Waals surface area contributed by atoms with Crippen molar-refractivity contribution < 1.29 is 0 Å². The molecule has 2 aromatic rings. The van der Waals surface area contributed by atoms with Crippen molar-refractivity contribution in [2.75, 3.05) is 5.32 Å². The molecule has 2 rings (SSSR count). The number of aryl methyl sites for hydroxylation is 2. The summed E-state index contributed by atoms with van der Waals surface area (Å²) in [6.07, 6.45) is 1.81. The molecule has 0 fully saturated rings. The average Bonchev–Trinajstić information content (AvgIpc) is 2.76. The zero-order valence-corrected chi connectivity index (χ0v) is 10.6. The largest absolute Gasteiger partial charge is 0.378 e. The van der Waals surface area contributed by atoms with Crippen molar-refractivity contribution in [1.29, 1.82) is 5.26 Å². The van der Waals surface area contributed by atoms with Crippen LogP contribution in [0.1, 0.15) is 21.7 Å². The Hall–Kier alpha value is -1.86. The minimum absolute atomic E-state index is 0.728. The van der Waals surface area contributed by atoms with Gasteiger partial charge in [-0.15, -0.1) is 11.3 Å². The van der Waals surface area contributed by atoms with Crippen LogP contribution >= 0.6 is 11.3 Å². The predicted octanol–water partition coefficient (Wildman–Crippen LogP) is 3.24. The van der Waals surface area contributed by atoms with Crippen molar-refractivity contribution in [3.05, 3.63) is 45.4 Å². The van der Waals surface area contributed by atoms with Crippen LogP contribution in [0.15, 0.2) is 23.7 Å². The molecule has 2 heterocycles. The zero-order chi connectivity index (χ0) is 12.3. The number of nitrogens with one attached hydrogen (secondary N) is 1. The second-order valence-electron chi connectivity index (χ2n) is 3.86. The number of anilines is 1. The van der Waals surface area contributed by atoms with Crippen molar-refractivity contribution in [1.82, 2.24) is 4.98 Å². The van der Waals surface area contributed by atoms with Crippen molar-refractivity contribution in [3.63, 3.8) is 0 Å². The normalized spacial score (nSPS) is 9.94. The second-order valence-corrected chi connectivity index (χ2v) is 4.85. The Balaban J connectivity index is 2.10. The molecule has 0 radical (unpaired) electrons. The number of rotatable bonds is 3. The van der Waals surface area contributed by atoms with Crippen LogP contribution in [0.4, 0.5) is 5.69 Å². The van der Waals surface area contributed by atoms with Crippen molar-refractivity contribution in [3.8, 4) is 6.07 Å². The van der Waals surface area contributed by atoms with E-state index in [4.69, 9.17) is 5.26 Å². The maximum absolute atomic E-state index is 8.75. The lowest BCUT2D eigenvalue weighted by Gasteiger charge is -2.10. The minimum Gasteiger partial charge on any atom is -0.378 e. The third-order valence-electron chi connectivity index (χ3n) is 2.57. The number of nitriles is 1. The molecule has 0 aliphatic heterocycles. The van der Waals surface area contributed by atoms with Crippen LogP contribution in [-0.2, 0) is 6.54 Å². The number of hydrogen-bond acceptors (Lipinski definition) is 4. The third-order valence-corrected chi connectivity index (χ3v) is 3.51. The first-order valence-corrected chi connectivity index (χ1v) is 6.22. The van der Waals surface area contributed by atoms with Crippen LogP contribution in [0.3, 0.4) is 0 Å². The van der Waals surface area contributed by atoms with E-state index in [0.29, 0.717) is 0 Å². The van der Waals surface area contributed by atoms with Gasteiger partial charge in [0.15, 0.2) is 0 Å². The molecular weight excluding hydrogens is 230 g/mol. The molecule has 0 saturated carbocycles. The van der Waals surface area contributed by atoms with Gasteiger partial charge in [0.2, 0.25) is 0 Å². The molecule has 3 nitrogen and oxygen atoms in total. The average molecular weight is 243 g/mol. The van der Waals surface area contributed by atoms with Gasteiger partial charge in [0.25, 0.3) is 0 Å². The number of nitrogens with zero attached hydrogens (tertiary/aromatic N) is 2. The fourth-order valence-corrected chi connectivity index (χ4v) is 2.42. The van der Waals surface area contributed by atoms with E-state index in [0.717, 1.165) is 28.4 Å². The van der Waals surface area contributed by atoms with Crippen LogP contribution in [0.5, 0.6) is 0 Å². The summed E-state index contributed by atoms with van der Waals surface area (Å²) in [6, 6.07) is 6.04. The second kappa shape index (κ2) is 4.98. The predicted molar refractivity (Wildman–Crippen MR) is 70.1 cm³/mol. The van der Waals surface area contributed by atoms with E-state index in [2.05, 4.69) is 23.3 Å². The summed E-state index contributed by atoms with van der Waals surface area (Å²) in [5.41, 5.74) is 4.00. The molecule has 0 unspecified atom stereocenters. The number of hydrogen-bond donors (Lipinski definition) is 1. The Labute approximate surface area is 105 Å². The van der Waals surface area contributed by atoms with Crippen LogP contribution in [-0.4, -0.2) is 4.98 Å². The zero-order valence-electron chi connectivity index (χ0n) is 9.82. The third kappa shape index (κ3) is 2.63. The van der Waals surface area contributed by atoms with Crippen LogP contribution in [0, 0.1) is 25.2 Å². The molecule has 4 heteroatoms. The van der Waals surface area contributed by atoms with Crippen molar-refractivity contribution in [2.45, 2.75) is 20.4 Å². The summed E-state index contributed by atoms with van der Waals surface area (Å²) in [5.74, 6) is 0. The molecule has 0 aliphatic rings. The summed E-state index contributed by atoms with van der Waals surface area (Å²) < 4.78 is 0. The number of pyridine rings is 1. The van der Waals surface area contributed by atoms with Gasteiger partial charge < -0.3 is 5.32 Å². The van der Waals surface area contributed by atoms with Crippen LogP contribution in [0.25, 0.3) is 0 Å². The molecule has 0 amide bonds. The fraction of sp³-hybridized carbons (Fsp3) is 0.231. The highest BCUT2D eigenvalue weighted by Crippen LogP contribution is 2.20. The van der Waals surface area contributed by atoms with Crippen LogP contribution in [0.2, 0.25) is 0 Å². The Morgan fingerprint density at radius 1 is 1.47 bits per heavy atom. The highest BCUT2D eigenvalue weighted by atomic mass is 32.1. The van der Waals surface area contributed by atoms with Gasteiger partial charge in [0.1, 0.15) is 6.07 Å². The van der Waals surface area contributed by atoms with E-state index in [1.54, 1.807) is 11.3 Å². The van der Waals surface area contributed by atoms with Gasteiger partial charge in [0, 0.05) is 23.0 Å². The standard InChI is InChI=1S/C13H13N3S/c1-9-3-4-15-10(2)13(9)16-7-12-5-11(6-14)8-17-12/h3-5,8,16H,7H2,1-2H3. The molecule has 17 heavy (non-hydrogen) atoms. The summed E-state index contributed by atoms with van der Waals surface area (Å²) in [6.45, 7) is 4.79. The maximum Gasteiger partial charge on any atom is 0.100 e. The summed E-state index contributed by atoms with van der Waals surface area (Å²) in [4.78, 5) is 5.42. The molecule has 0 aliphatic carbocycles. The molecule has 0 saturated heterocycles. The molecule has 0 aromatic carbocycles. The topological polar surface area (TPSA) is 48.7 Å². The van der Waals surface area contributed by atoms with Gasteiger partial charge in [-0.1, -0.05) is 0 Å². The molecular formula is C13H13N3S. The first-order chi connectivity index (χ1) is 8.20. The van der Waals surface area contributed by atoms with Gasteiger partial charge in [-0.25, -0.2) is 0 Å². The first kappa shape index (κ1) is 11.6. The lowest BCUT2D eigenvalue weighted by Crippen LogP contribution is -2.02. The Kier molecular flexibility index (Phi) is 3.40. The lowest BCUT2D eigenvalue weighted by molar-refractivity contribution is 1.11. The van der Waals surface area contributed by atoms with E-state index >= 15 is 0 Å². The SMILES string of the molecule is Cc1ccnc(C)c1NCc1cc(C#N)cs1. The van der Waals surface area contributed by atoms with E-state index in [9.17, 15) is 0 Å². The van der Waals surface area contributed by atoms with E-state index in [1.165, 1.54) is 5.56 Å². The van der Waals surface area contributed by atoms with E-state index < -0.39 is 0 Å². The Morgan fingerprint density at radius 2 is 2.29 bits per heavy atom. The number of aromatic nitrogens is 1. The van der Waals surface area contributed by atoms with Crippen LogP contribution < -0.4 is 5.32 Å². The first-order valence-electron chi connectivity index (χ1n) is 5.34. The maximum atomic E-state index is 8.75. The molecule has 0 spiro atoms.